The molecule has 2 atom stereocenters. The highest BCUT2D eigenvalue weighted by atomic mass is 32.1. The Labute approximate surface area is 101 Å². The average molecular weight is 240 g/mol. The van der Waals surface area contributed by atoms with Crippen molar-refractivity contribution in [1.82, 2.24) is 10.3 Å². The van der Waals surface area contributed by atoms with Gasteiger partial charge in [0, 0.05) is 11.4 Å². The van der Waals surface area contributed by atoms with Crippen molar-refractivity contribution >= 4 is 11.3 Å². The van der Waals surface area contributed by atoms with Gasteiger partial charge in [-0.25, -0.2) is 4.98 Å². The molecule has 4 heteroatoms. The summed E-state index contributed by atoms with van der Waals surface area (Å²) in [5.41, 5.74) is 1.32. The molecule has 0 radical (unpaired) electrons. The van der Waals surface area contributed by atoms with Crippen LogP contribution in [-0.2, 0) is 12.8 Å². The second-order valence-corrected chi connectivity index (χ2v) is 5.72. The molecule has 16 heavy (non-hydrogen) atoms. The highest BCUT2D eigenvalue weighted by Crippen LogP contribution is 2.29. The van der Waals surface area contributed by atoms with Crippen LogP contribution >= 0.6 is 11.3 Å². The molecule has 0 saturated heterocycles. The monoisotopic (exact) mass is 240 g/mol. The van der Waals surface area contributed by atoms with Crippen molar-refractivity contribution in [3.8, 4) is 0 Å². The van der Waals surface area contributed by atoms with Crippen LogP contribution in [-0.4, -0.2) is 22.7 Å². The van der Waals surface area contributed by atoms with Gasteiger partial charge in [-0.05, 0) is 39.5 Å². The quantitative estimate of drug-likeness (QED) is 0.846. The summed E-state index contributed by atoms with van der Waals surface area (Å²) in [6, 6.07) is 0.255. The van der Waals surface area contributed by atoms with Crippen LogP contribution in [0.3, 0.4) is 0 Å². The van der Waals surface area contributed by atoms with E-state index >= 15 is 0 Å². The van der Waals surface area contributed by atoms with Crippen LogP contribution in [0.5, 0.6) is 0 Å². The van der Waals surface area contributed by atoms with Crippen LogP contribution in [0.4, 0.5) is 0 Å². The molecule has 1 unspecified atom stereocenters. The lowest BCUT2D eigenvalue weighted by atomic mass is 10.0. The van der Waals surface area contributed by atoms with Crippen molar-refractivity contribution < 1.29 is 5.11 Å². The molecular weight excluding hydrogens is 220 g/mol. The molecule has 1 heterocycles. The Kier molecular flexibility index (Phi) is 3.95. The molecule has 1 aliphatic carbocycles. The SMILES string of the molecule is CC(NC[C@H](C)O)c1nc2c(s1)CCCC2. The van der Waals surface area contributed by atoms with E-state index in [4.69, 9.17) is 4.98 Å². The van der Waals surface area contributed by atoms with E-state index < -0.39 is 0 Å². The molecular formula is C12H20N2OS. The van der Waals surface area contributed by atoms with E-state index in [0.29, 0.717) is 6.54 Å². The predicted octanol–water partition coefficient (Wildman–Crippen LogP) is 2.05. The van der Waals surface area contributed by atoms with E-state index in [1.807, 2.05) is 11.3 Å². The summed E-state index contributed by atoms with van der Waals surface area (Å²) in [5, 5.41) is 13.7. The maximum absolute atomic E-state index is 9.23. The minimum absolute atomic E-state index is 0.255. The number of aliphatic hydroxyl groups is 1. The molecule has 0 amide bonds. The standard InChI is InChI=1S/C12H20N2OS/c1-8(15)7-13-9(2)12-14-10-5-3-4-6-11(10)16-12/h8-9,13,15H,3-7H2,1-2H3/t8-,9?/m0/s1. The molecule has 0 saturated carbocycles. The second-order valence-electron chi connectivity index (χ2n) is 4.61. The first-order valence-corrected chi connectivity index (χ1v) is 6.88. The summed E-state index contributed by atoms with van der Waals surface area (Å²) in [4.78, 5) is 6.18. The largest absolute Gasteiger partial charge is 0.392 e. The number of aromatic nitrogens is 1. The third-order valence-electron chi connectivity index (χ3n) is 2.95. The summed E-state index contributed by atoms with van der Waals surface area (Å²) in [6.45, 7) is 4.55. The predicted molar refractivity (Wildman–Crippen MR) is 66.9 cm³/mol. The minimum atomic E-state index is -0.294. The van der Waals surface area contributed by atoms with Crippen molar-refractivity contribution in [2.75, 3.05) is 6.54 Å². The third-order valence-corrected chi connectivity index (χ3v) is 4.29. The van der Waals surface area contributed by atoms with E-state index in [1.165, 1.54) is 34.8 Å². The number of hydrogen-bond donors (Lipinski definition) is 2. The zero-order chi connectivity index (χ0) is 11.5. The number of fused-ring (bicyclic) bond motifs is 1. The van der Waals surface area contributed by atoms with E-state index in [-0.39, 0.29) is 12.1 Å². The first-order valence-electron chi connectivity index (χ1n) is 6.06. The fourth-order valence-electron chi connectivity index (χ4n) is 1.99. The van der Waals surface area contributed by atoms with Gasteiger partial charge < -0.3 is 10.4 Å². The number of nitrogens with one attached hydrogen (secondary N) is 1. The molecule has 0 fully saturated rings. The Morgan fingerprint density at radius 3 is 2.81 bits per heavy atom. The van der Waals surface area contributed by atoms with Crippen molar-refractivity contribution in [1.29, 1.82) is 0 Å². The van der Waals surface area contributed by atoms with Gasteiger partial charge in [-0.3, -0.25) is 0 Å². The summed E-state index contributed by atoms with van der Waals surface area (Å²) in [5.74, 6) is 0. The molecule has 0 bridgehead atoms. The molecule has 90 valence electrons. The number of hydrogen-bond acceptors (Lipinski definition) is 4. The Bertz CT molecular complexity index is 325. The summed E-state index contributed by atoms with van der Waals surface area (Å²) in [6.07, 6.45) is 4.65. The zero-order valence-electron chi connectivity index (χ0n) is 9.99. The van der Waals surface area contributed by atoms with Gasteiger partial charge in [-0.15, -0.1) is 11.3 Å². The average Bonchev–Trinajstić information content (AvgIpc) is 2.69. The van der Waals surface area contributed by atoms with Gasteiger partial charge in [0.05, 0.1) is 17.8 Å². The molecule has 0 aromatic carbocycles. The van der Waals surface area contributed by atoms with Crippen molar-refractivity contribution in [3.05, 3.63) is 15.6 Å². The van der Waals surface area contributed by atoms with E-state index in [1.54, 1.807) is 6.92 Å². The lowest BCUT2D eigenvalue weighted by molar-refractivity contribution is 0.187. The molecule has 2 rings (SSSR count). The molecule has 0 spiro atoms. The van der Waals surface area contributed by atoms with Crippen LogP contribution in [0.15, 0.2) is 0 Å². The van der Waals surface area contributed by atoms with Crippen LogP contribution in [0.1, 0.15) is 48.3 Å². The number of rotatable bonds is 4. The van der Waals surface area contributed by atoms with Crippen LogP contribution in [0.25, 0.3) is 0 Å². The molecule has 0 aliphatic heterocycles. The molecule has 1 aromatic heterocycles. The molecule has 1 aromatic rings. The van der Waals surface area contributed by atoms with Gasteiger partial charge in [0.15, 0.2) is 0 Å². The smallest absolute Gasteiger partial charge is 0.110 e. The van der Waals surface area contributed by atoms with E-state index in [0.717, 1.165) is 6.42 Å². The Morgan fingerprint density at radius 1 is 1.38 bits per heavy atom. The second kappa shape index (κ2) is 5.25. The van der Waals surface area contributed by atoms with Crippen molar-refractivity contribution in [2.45, 2.75) is 51.7 Å². The fraction of sp³-hybridized carbons (Fsp3) is 0.750. The number of thiazole rings is 1. The van der Waals surface area contributed by atoms with Gasteiger partial charge >= 0.3 is 0 Å². The lowest BCUT2D eigenvalue weighted by Crippen LogP contribution is -2.27. The number of aliphatic hydroxyl groups excluding tert-OH is 1. The fourth-order valence-corrected chi connectivity index (χ4v) is 3.17. The highest BCUT2D eigenvalue weighted by molar-refractivity contribution is 7.11. The molecule has 3 nitrogen and oxygen atoms in total. The lowest BCUT2D eigenvalue weighted by Gasteiger charge is -2.12. The van der Waals surface area contributed by atoms with E-state index in [9.17, 15) is 5.11 Å². The van der Waals surface area contributed by atoms with Crippen LogP contribution in [0, 0.1) is 0 Å². The summed E-state index contributed by atoms with van der Waals surface area (Å²) in [7, 11) is 0. The first-order chi connectivity index (χ1) is 7.66. The topological polar surface area (TPSA) is 45.1 Å². The normalized spacial score (nSPS) is 19.2. The summed E-state index contributed by atoms with van der Waals surface area (Å²) < 4.78 is 0. The zero-order valence-corrected chi connectivity index (χ0v) is 10.8. The first kappa shape index (κ1) is 12.0. The third kappa shape index (κ3) is 2.81. The number of aryl methyl sites for hydroxylation is 2. The molecule has 1 aliphatic rings. The van der Waals surface area contributed by atoms with Crippen molar-refractivity contribution in [3.63, 3.8) is 0 Å². The maximum atomic E-state index is 9.23. The van der Waals surface area contributed by atoms with Gasteiger partial charge in [0.25, 0.3) is 0 Å². The van der Waals surface area contributed by atoms with Crippen LogP contribution < -0.4 is 5.32 Å². The Morgan fingerprint density at radius 2 is 2.12 bits per heavy atom. The van der Waals surface area contributed by atoms with Gasteiger partial charge in [0.2, 0.25) is 0 Å². The Hall–Kier alpha value is -0.450. The molecule has 2 N–H and O–H groups in total. The van der Waals surface area contributed by atoms with Gasteiger partial charge in [0.1, 0.15) is 5.01 Å². The summed E-state index contributed by atoms with van der Waals surface area (Å²) >= 11 is 1.84. The number of nitrogens with zero attached hydrogens (tertiary/aromatic N) is 1. The Balaban J connectivity index is 2.00. The maximum Gasteiger partial charge on any atom is 0.110 e. The van der Waals surface area contributed by atoms with Gasteiger partial charge in [-0.2, -0.15) is 0 Å². The van der Waals surface area contributed by atoms with Crippen molar-refractivity contribution in [2.24, 2.45) is 0 Å². The highest BCUT2D eigenvalue weighted by Gasteiger charge is 2.18. The minimum Gasteiger partial charge on any atom is -0.392 e. The van der Waals surface area contributed by atoms with Crippen LogP contribution in [0.2, 0.25) is 0 Å². The van der Waals surface area contributed by atoms with Gasteiger partial charge in [-0.1, -0.05) is 0 Å². The van der Waals surface area contributed by atoms with E-state index in [2.05, 4.69) is 12.2 Å².